The van der Waals surface area contributed by atoms with Crippen LogP contribution in [0.15, 0.2) is 79.4 Å². The molecule has 2 N–H and O–H groups in total. The third kappa shape index (κ3) is 9.01. The van der Waals surface area contributed by atoms with Crippen LogP contribution >= 0.6 is 23.5 Å². The van der Waals surface area contributed by atoms with E-state index in [1.165, 1.54) is 62.2 Å². The lowest BCUT2D eigenvalue weighted by atomic mass is 10.0. The fourth-order valence-electron chi connectivity index (χ4n) is 5.96. The zero-order valence-corrected chi connectivity index (χ0v) is 28.8. The van der Waals surface area contributed by atoms with E-state index >= 15 is 0 Å². The van der Waals surface area contributed by atoms with Crippen molar-refractivity contribution in [2.45, 2.75) is 55.7 Å². The van der Waals surface area contributed by atoms with Crippen LogP contribution in [0.5, 0.6) is 5.75 Å². The average Bonchev–Trinajstić information content (AvgIpc) is 3.51. The predicted molar refractivity (Wildman–Crippen MR) is 194 cm³/mol. The molecule has 0 aliphatic carbocycles. The maximum Gasteiger partial charge on any atom is 0.146 e. The number of nitrogens with zero attached hydrogens (tertiary/aromatic N) is 5. The molecule has 3 heterocycles. The van der Waals surface area contributed by atoms with Gasteiger partial charge < -0.3 is 20.3 Å². The summed E-state index contributed by atoms with van der Waals surface area (Å²) in [4.78, 5) is 19.6. The van der Waals surface area contributed by atoms with Crippen molar-refractivity contribution in [3.05, 3.63) is 70.1 Å². The van der Waals surface area contributed by atoms with Gasteiger partial charge in [-0.3, -0.25) is 9.89 Å². The Balaban J connectivity index is 0.00000216. The number of piperazine rings is 1. The standard InChI is InChI=1S/C34H45N5OS2.CH5N/c1-25(2)42-33-9-7-6-8-26(33)10-12-30(35-3)34-31(16-23-41-34)36-29-13-11-28(24-32(29)40-5)38-17-14-27(15-18-38)39-21-19-37(4)20-22-39;1-2/h6-9,11,13,16,23-25,27H,3,10,12,14-15,17-22H2,1-2,4-5H3;2H2,1H3/b34-30+,36-31?;. The van der Waals surface area contributed by atoms with Crippen LogP contribution in [-0.2, 0) is 6.42 Å². The number of piperidine rings is 1. The summed E-state index contributed by atoms with van der Waals surface area (Å²) in [6.45, 7) is 15.3. The minimum Gasteiger partial charge on any atom is -0.494 e. The molecule has 0 unspecified atom stereocenters. The van der Waals surface area contributed by atoms with Gasteiger partial charge in [0.1, 0.15) is 11.4 Å². The molecule has 2 fully saturated rings. The van der Waals surface area contributed by atoms with E-state index in [2.05, 4.69) is 107 Å². The lowest BCUT2D eigenvalue weighted by molar-refractivity contribution is 0.0982. The molecule has 5 rings (SSSR count). The first-order valence-corrected chi connectivity index (χ1v) is 17.5. The molecular formula is C35H50N6OS2. The highest BCUT2D eigenvalue weighted by Crippen LogP contribution is 2.38. The van der Waals surface area contributed by atoms with Crippen molar-refractivity contribution in [2.24, 2.45) is 15.7 Å². The van der Waals surface area contributed by atoms with Gasteiger partial charge >= 0.3 is 0 Å². The Morgan fingerprint density at radius 2 is 1.80 bits per heavy atom. The first-order valence-electron chi connectivity index (χ1n) is 15.7. The molecule has 7 nitrogen and oxygen atoms in total. The fourth-order valence-corrected chi connectivity index (χ4v) is 7.82. The Kier molecular flexibility index (Phi) is 13.4. The molecule has 9 heteroatoms. The van der Waals surface area contributed by atoms with Crippen molar-refractivity contribution in [3.63, 3.8) is 0 Å². The number of ether oxygens (including phenoxy) is 1. The zero-order chi connectivity index (χ0) is 31.5. The van der Waals surface area contributed by atoms with E-state index in [-0.39, 0.29) is 0 Å². The summed E-state index contributed by atoms with van der Waals surface area (Å²) in [5, 5.41) is 2.64. The molecule has 0 spiro atoms. The van der Waals surface area contributed by atoms with E-state index in [9.17, 15) is 0 Å². The molecule has 0 saturated carbocycles. The van der Waals surface area contributed by atoms with Crippen LogP contribution in [0.25, 0.3) is 0 Å². The van der Waals surface area contributed by atoms with Crippen LogP contribution in [0, 0.1) is 0 Å². The van der Waals surface area contributed by atoms with Gasteiger partial charge in [-0.2, -0.15) is 0 Å². The van der Waals surface area contributed by atoms with Crippen molar-refractivity contribution in [2.75, 3.05) is 65.4 Å². The molecule has 2 aromatic rings. The molecule has 2 saturated heterocycles. The van der Waals surface area contributed by atoms with Gasteiger partial charge in [-0.15, -0.1) is 11.8 Å². The van der Waals surface area contributed by atoms with Gasteiger partial charge in [0.2, 0.25) is 0 Å². The van der Waals surface area contributed by atoms with E-state index in [0.717, 1.165) is 53.7 Å². The van der Waals surface area contributed by atoms with E-state index in [4.69, 9.17) is 9.73 Å². The average molecular weight is 635 g/mol. The SMILES string of the molecule is C=N/C(CCc1ccccc1SC(C)C)=C1/SC=CC1=Nc1ccc(N2CCC(N3CCN(C)CC3)CC2)cc1OC.CN. The van der Waals surface area contributed by atoms with E-state index < -0.39 is 0 Å². The third-order valence-electron chi connectivity index (χ3n) is 8.35. The second-order valence-corrected chi connectivity index (χ2v) is 14.1. The number of hydrogen-bond donors (Lipinski definition) is 1. The van der Waals surface area contributed by atoms with Crippen LogP contribution in [0.1, 0.15) is 38.7 Å². The number of methoxy groups -OCH3 is 1. The molecule has 238 valence electrons. The smallest absolute Gasteiger partial charge is 0.146 e. The quantitative estimate of drug-likeness (QED) is 0.226. The number of nitrogens with two attached hydrogens (primary N) is 1. The number of allylic oxidation sites excluding steroid dienone is 3. The summed E-state index contributed by atoms with van der Waals surface area (Å²) < 4.78 is 5.85. The van der Waals surface area contributed by atoms with Crippen LogP contribution in [0.3, 0.4) is 0 Å². The summed E-state index contributed by atoms with van der Waals surface area (Å²) in [6, 6.07) is 15.8. The highest BCUT2D eigenvalue weighted by Gasteiger charge is 2.27. The van der Waals surface area contributed by atoms with Crippen molar-refractivity contribution in [1.82, 2.24) is 9.80 Å². The highest BCUT2D eigenvalue weighted by atomic mass is 32.2. The largest absolute Gasteiger partial charge is 0.494 e. The van der Waals surface area contributed by atoms with Gasteiger partial charge in [0.25, 0.3) is 0 Å². The molecule has 44 heavy (non-hydrogen) atoms. The minimum atomic E-state index is 0.546. The maximum atomic E-state index is 5.85. The van der Waals surface area contributed by atoms with Gasteiger partial charge in [0.15, 0.2) is 0 Å². The first kappa shape index (κ1) is 34.3. The maximum absolute atomic E-state index is 5.85. The molecule has 0 radical (unpaired) electrons. The van der Waals surface area contributed by atoms with Crippen LogP contribution in [-0.4, -0.2) is 94.0 Å². The highest BCUT2D eigenvalue weighted by molar-refractivity contribution is 8.07. The number of aliphatic imine (C=N–C) groups is 2. The molecule has 3 aliphatic rings. The van der Waals surface area contributed by atoms with Crippen LogP contribution in [0.2, 0.25) is 0 Å². The summed E-state index contributed by atoms with van der Waals surface area (Å²) in [6.07, 6.45) is 6.24. The summed E-state index contributed by atoms with van der Waals surface area (Å²) in [5.74, 6) is 0.804. The van der Waals surface area contributed by atoms with E-state index in [1.807, 2.05) is 11.8 Å². The van der Waals surface area contributed by atoms with Crippen molar-refractivity contribution in [3.8, 4) is 5.75 Å². The van der Waals surface area contributed by atoms with Gasteiger partial charge in [0.05, 0.1) is 23.4 Å². The Hall–Kier alpha value is -2.56. The Bertz CT molecular complexity index is 1320. The normalized spacial score (nSPS) is 20.2. The van der Waals surface area contributed by atoms with Crippen LogP contribution < -0.4 is 15.4 Å². The Morgan fingerprint density at radius 3 is 2.48 bits per heavy atom. The third-order valence-corrected chi connectivity index (χ3v) is 10.4. The second kappa shape index (κ2) is 17.2. The number of likely N-dealkylation sites (N-methyl/N-ethyl adjacent to an activating group) is 1. The van der Waals surface area contributed by atoms with Gasteiger partial charge in [-0.05, 0) is 81.7 Å². The summed E-state index contributed by atoms with van der Waals surface area (Å²) >= 11 is 3.59. The van der Waals surface area contributed by atoms with Crippen molar-refractivity contribution >= 4 is 47.3 Å². The molecule has 0 amide bonds. The Morgan fingerprint density at radius 1 is 1.07 bits per heavy atom. The fraction of sp³-hybridized carbons (Fsp3) is 0.486. The molecule has 0 atom stereocenters. The number of rotatable bonds is 10. The topological polar surface area (TPSA) is 69.7 Å². The van der Waals surface area contributed by atoms with E-state index in [1.54, 1.807) is 18.9 Å². The van der Waals surface area contributed by atoms with Crippen LogP contribution in [0.4, 0.5) is 11.4 Å². The summed E-state index contributed by atoms with van der Waals surface area (Å²) in [7, 11) is 5.46. The monoisotopic (exact) mass is 634 g/mol. The first-order chi connectivity index (χ1) is 21.4. The van der Waals surface area contributed by atoms with Crippen molar-refractivity contribution in [1.29, 1.82) is 0 Å². The number of anilines is 1. The van der Waals surface area contributed by atoms with Gasteiger partial charge in [-0.1, -0.05) is 43.8 Å². The number of hydrogen-bond acceptors (Lipinski definition) is 9. The van der Waals surface area contributed by atoms with Gasteiger partial charge in [0, 0.05) is 67.2 Å². The zero-order valence-electron chi connectivity index (χ0n) is 27.2. The number of aryl methyl sites for hydroxylation is 1. The van der Waals surface area contributed by atoms with Gasteiger partial charge in [-0.25, -0.2) is 4.99 Å². The molecule has 3 aliphatic heterocycles. The molecule has 0 aromatic heterocycles. The number of thioether (sulfide) groups is 2. The summed E-state index contributed by atoms with van der Waals surface area (Å²) in [5.41, 5.74) is 9.83. The van der Waals surface area contributed by atoms with E-state index in [0.29, 0.717) is 11.3 Å². The Labute approximate surface area is 273 Å². The molecule has 2 aromatic carbocycles. The second-order valence-electron chi connectivity index (χ2n) is 11.5. The lowest BCUT2D eigenvalue weighted by Gasteiger charge is -2.42. The lowest BCUT2D eigenvalue weighted by Crippen LogP contribution is -2.52. The number of benzene rings is 2. The minimum absolute atomic E-state index is 0.546. The van der Waals surface area contributed by atoms with Crippen molar-refractivity contribution < 1.29 is 4.74 Å². The predicted octanol–water partition coefficient (Wildman–Crippen LogP) is 6.86. The molecular weight excluding hydrogens is 585 g/mol. The molecule has 0 bridgehead atoms.